The van der Waals surface area contributed by atoms with Gasteiger partial charge in [-0.3, -0.25) is 24.3 Å². The van der Waals surface area contributed by atoms with Gasteiger partial charge in [-0.15, -0.1) is 0 Å². The van der Waals surface area contributed by atoms with Crippen molar-refractivity contribution in [3.05, 3.63) is 53.1 Å². The van der Waals surface area contributed by atoms with Crippen LogP contribution in [0.5, 0.6) is 11.5 Å². The summed E-state index contributed by atoms with van der Waals surface area (Å²) in [6, 6.07) is 1.19. The van der Waals surface area contributed by atoms with Gasteiger partial charge in [0.05, 0.1) is 23.7 Å². The lowest BCUT2D eigenvalue weighted by atomic mass is 9.72. The number of rotatable bonds is 7. The maximum atomic E-state index is 14.9. The number of piperazine rings is 1. The largest absolute Gasteiger partial charge is 0.547 e. The maximum Gasteiger partial charge on any atom is 0.547 e. The predicted octanol–water partition coefficient (Wildman–Crippen LogP) is -0.0159. The summed E-state index contributed by atoms with van der Waals surface area (Å²) in [4.78, 5) is 69.3. The van der Waals surface area contributed by atoms with Crippen LogP contribution in [0.4, 0.5) is 9.18 Å². The number of aromatic nitrogens is 1. The van der Waals surface area contributed by atoms with Crippen LogP contribution in [0.25, 0.3) is 0 Å². The molecule has 1 aromatic carbocycles. The summed E-state index contributed by atoms with van der Waals surface area (Å²) in [5, 5.41) is 34.2. The van der Waals surface area contributed by atoms with Crippen LogP contribution in [-0.2, 0) is 20.8 Å². The number of pyridine rings is 1. The van der Waals surface area contributed by atoms with E-state index in [1.54, 1.807) is 13.8 Å². The molecule has 16 heteroatoms. The quantitative estimate of drug-likeness (QED) is 0.222. The normalized spacial score (nSPS) is 19.3. The number of benzene rings is 1. The minimum atomic E-state index is -1.88. The van der Waals surface area contributed by atoms with Gasteiger partial charge in [0, 0.05) is 19.2 Å². The van der Waals surface area contributed by atoms with Gasteiger partial charge in [0.15, 0.2) is 11.9 Å². The Kier molecular flexibility index (Phi) is 8.42. The molecule has 0 radical (unpaired) electrons. The third kappa shape index (κ3) is 5.77. The second-order valence-corrected chi connectivity index (χ2v) is 9.45. The molecule has 3 atom stereocenters. The first kappa shape index (κ1) is 29.3. The number of urea groups is 1. The van der Waals surface area contributed by atoms with Crippen LogP contribution in [-0.4, -0.2) is 91.9 Å². The van der Waals surface area contributed by atoms with Crippen molar-refractivity contribution in [3.8, 4) is 11.5 Å². The zero-order valence-electron chi connectivity index (χ0n) is 22.0. The van der Waals surface area contributed by atoms with Crippen molar-refractivity contribution < 1.29 is 48.3 Å². The van der Waals surface area contributed by atoms with E-state index in [-0.39, 0.29) is 37.2 Å². The van der Waals surface area contributed by atoms with Crippen molar-refractivity contribution in [3.63, 3.8) is 0 Å². The molecule has 2 aliphatic rings. The van der Waals surface area contributed by atoms with Gasteiger partial charge < -0.3 is 35.4 Å². The predicted molar refractivity (Wildman–Crippen MR) is 138 cm³/mol. The number of fused-ring (bicyclic) bond motifs is 1. The lowest BCUT2D eigenvalue weighted by Gasteiger charge is -2.39. The van der Waals surface area contributed by atoms with E-state index in [1.807, 2.05) is 0 Å². The Hall–Kier alpha value is -4.73. The van der Waals surface area contributed by atoms with E-state index >= 15 is 0 Å². The molecule has 0 saturated carbocycles. The second-order valence-electron chi connectivity index (χ2n) is 9.45. The zero-order valence-corrected chi connectivity index (χ0v) is 22.0. The number of aromatic hydroxyl groups is 1. The number of carboxylic acids is 1. The van der Waals surface area contributed by atoms with E-state index in [4.69, 9.17) is 4.65 Å². The molecule has 4 rings (SSSR count). The molecule has 1 saturated heterocycles. The fourth-order valence-corrected chi connectivity index (χ4v) is 4.75. The first-order valence-corrected chi connectivity index (χ1v) is 12.7. The molecule has 1 fully saturated rings. The maximum absolute atomic E-state index is 14.9. The van der Waals surface area contributed by atoms with Crippen LogP contribution >= 0.6 is 0 Å². The molecule has 3 heterocycles. The summed E-state index contributed by atoms with van der Waals surface area (Å²) in [7, 11) is -1.72. The third-order valence-electron chi connectivity index (χ3n) is 6.89. The molecule has 5 amide bonds. The highest BCUT2D eigenvalue weighted by Gasteiger charge is 2.44. The molecule has 41 heavy (non-hydrogen) atoms. The van der Waals surface area contributed by atoms with Crippen molar-refractivity contribution in [1.82, 2.24) is 25.4 Å². The summed E-state index contributed by atoms with van der Waals surface area (Å²) >= 11 is 0. The number of carbonyl (C=O) groups is 5. The topological polar surface area (TPSA) is 199 Å². The number of carbonyl (C=O) groups excluding carboxylic acids is 4. The van der Waals surface area contributed by atoms with E-state index in [2.05, 4.69) is 15.6 Å². The summed E-state index contributed by atoms with van der Waals surface area (Å²) in [5.74, 6) is -7.35. The average Bonchev–Trinajstić information content (AvgIpc) is 2.93. The van der Waals surface area contributed by atoms with Gasteiger partial charge in [-0.1, -0.05) is 19.1 Å². The Morgan fingerprint density at radius 2 is 1.98 bits per heavy atom. The lowest BCUT2D eigenvalue weighted by Crippen LogP contribution is -2.64. The van der Waals surface area contributed by atoms with Gasteiger partial charge in [0.2, 0.25) is 5.91 Å². The molecule has 5 N–H and O–H groups in total. The highest BCUT2D eigenvalue weighted by atomic mass is 19.1. The molecule has 0 bridgehead atoms. The monoisotopic (exact) mass is 571 g/mol. The van der Waals surface area contributed by atoms with Gasteiger partial charge in [-0.2, -0.15) is 0 Å². The van der Waals surface area contributed by atoms with Crippen molar-refractivity contribution in [2.24, 2.45) is 0 Å². The number of hydrogen-bond donors (Lipinski definition) is 5. The Labute approximate surface area is 233 Å². The molecule has 2 aromatic rings. The molecule has 14 nitrogen and oxygen atoms in total. The first-order chi connectivity index (χ1) is 19.5. The minimum Gasteiger partial charge on any atom is -0.534 e. The van der Waals surface area contributed by atoms with Crippen molar-refractivity contribution in [2.75, 3.05) is 13.1 Å². The standard InChI is InChI=1S/C25H27BFN5O9/c1-3-13-11-31(4-2)22(35)23(36)32(13)25(39)30-19(18-16(27)9-14(33)10-28-18)21(34)29-17-8-12-6-5-7-15(24(37)38)20(12)41-26(17)40/h5-7,9-10,13,17,19,33,40H,3-4,8,11H2,1-2H3,(H,29,34)(H,30,39)(H,37,38)/t13-,17-,19?/m0/s1. The Bertz CT molecular complexity index is 1410. The molecule has 216 valence electrons. The number of nitrogens with zero attached hydrogens (tertiary/aromatic N) is 3. The molecule has 0 spiro atoms. The van der Waals surface area contributed by atoms with Crippen molar-refractivity contribution in [1.29, 1.82) is 0 Å². The number of amides is 5. The lowest BCUT2D eigenvalue weighted by molar-refractivity contribution is -0.156. The SMILES string of the molecule is CC[C@H]1CN(CC)C(=O)C(=O)N1C(=O)NC(C(=O)N[C@H]1Cc2cccc(C(=O)O)c2OB1O)c1ncc(O)cc1F. The molecule has 0 aliphatic carbocycles. The highest BCUT2D eigenvalue weighted by molar-refractivity contribution is 6.47. The number of hydrogen-bond acceptors (Lipinski definition) is 9. The van der Waals surface area contributed by atoms with Crippen LogP contribution in [0.15, 0.2) is 30.5 Å². The van der Waals surface area contributed by atoms with Crippen molar-refractivity contribution in [2.45, 2.75) is 44.7 Å². The number of halogens is 1. The van der Waals surface area contributed by atoms with Crippen LogP contribution in [0.1, 0.15) is 47.9 Å². The second kappa shape index (κ2) is 11.8. The van der Waals surface area contributed by atoms with Gasteiger partial charge in [0.25, 0.3) is 0 Å². The van der Waals surface area contributed by atoms with Crippen LogP contribution in [0.3, 0.4) is 0 Å². The van der Waals surface area contributed by atoms with Crippen LogP contribution in [0, 0.1) is 5.82 Å². The van der Waals surface area contributed by atoms with Gasteiger partial charge in [-0.25, -0.2) is 14.0 Å². The Balaban J connectivity index is 1.62. The fourth-order valence-electron chi connectivity index (χ4n) is 4.75. The van der Waals surface area contributed by atoms with Gasteiger partial charge in [-0.05, 0) is 31.4 Å². The Morgan fingerprint density at radius 3 is 2.61 bits per heavy atom. The Morgan fingerprint density at radius 1 is 1.24 bits per heavy atom. The van der Waals surface area contributed by atoms with E-state index in [9.17, 15) is 43.6 Å². The third-order valence-corrected chi connectivity index (χ3v) is 6.89. The smallest absolute Gasteiger partial charge is 0.534 e. The van der Waals surface area contributed by atoms with E-state index in [1.165, 1.54) is 23.1 Å². The van der Waals surface area contributed by atoms with E-state index in [0.29, 0.717) is 16.5 Å². The summed E-state index contributed by atoms with van der Waals surface area (Å²) in [5.41, 5.74) is -0.453. The number of nitrogens with one attached hydrogen (secondary N) is 2. The summed E-state index contributed by atoms with van der Waals surface area (Å²) < 4.78 is 20.2. The van der Waals surface area contributed by atoms with Gasteiger partial charge >= 0.3 is 30.9 Å². The molecule has 1 unspecified atom stereocenters. The number of aromatic carboxylic acids is 1. The average molecular weight is 571 g/mol. The minimum absolute atomic E-state index is 0.0665. The van der Waals surface area contributed by atoms with Crippen molar-refractivity contribution >= 4 is 36.8 Å². The zero-order chi connectivity index (χ0) is 30.0. The molecule has 1 aromatic heterocycles. The summed E-state index contributed by atoms with van der Waals surface area (Å²) in [6.45, 7) is 3.69. The van der Waals surface area contributed by atoms with E-state index < -0.39 is 72.1 Å². The molecular weight excluding hydrogens is 544 g/mol. The molecular formula is C25H27BFN5O9. The van der Waals surface area contributed by atoms with Crippen LogP contribution < -0.4 is 15.3 Å². The number of carboxylic acid groups (broad SMARTS) is 1. The van der Waals surface area contributed by atoms with E-state index in [0.717, 1.165) is 6.20 Å². The summed E-state index contributed by atoms with van der Waals surface area (Å²) in [6.07, 6.45) is 1.05. The fraction of sp³-hybridized carbons (Fsp3) is 0.360. The molecule has 2 aliphatic heterocycles. The van der Waals surface area contributed by atoms with Gasteiger partial charge in [0.1, 0.15) is 17.2 Å². The van der Waals surface area contributed by atoms with Crippen LogP contribution in [0.2, 0.25) is 0 Å². The highest BCUT2D eigenvalue weighted by Crippen LogP contribution is 2.30. The number of para-hydroxylation sites is 1. The first-order valence-electron chi connectivity index (χ1n) is 12.7. The number of likely N-dealkylation sites (N-methyl/N-ethyl adjacent to an activating group) is 1. The number of imide groups is 1.